The van der Waals surface area contributed by atoms with Crippen molar-refractivity contribution in [1.82, 2.24) is 20.2 Å². The van der Waals surface area contributed by atoms with E-state index in [2.05, 4.69) is 29.0 Å². The second-order valence-corrected chi connectivity index (χ2v) is 10.4. The Labute approximate surface area is 224 Å². The first-order valence-corrected chi connectivity index (χ1v) is 13.2. The van der Waals surface area contributed by atoms with Gasteiger partial charge in [-0.2, -0.15) is 5.10 Å². The molecule has 0 atom stereocenters. The summed E-state index contributed by atoms with van der Waals surface area (Å²) in [5.74, 6) is 2.52. The first kappa shape index (κ1) is 25.7. The van der Waals surface area contributed by atoms with Gasteiger partial charge in [-0.1, -0.05) is 31.7 Å². The lowest BCUT2D eigenvalue weighted by Crippen LogP contribution is -2.20. The lowest BCUT2D eigenvalue weighted by Gasteiger charge is -2.26. The number of nitrogens with zero attached hydrogens (tertiary/aromatic N) is 2. The number of methoxy groups -OCH3 is 2. The van der Waals surface area contributed by atoms with E-state index in [9.17, 15) is 4.39 Å². The maximum Gasteiger partial charge on any atom is 0.166 e. The van der Waals surface area contributed by atoms with Crippen LogP contribution in [0, 0.1) is 5.82 Å². The lowest BCUT2D eigenvalue weighted by molar-refractivity contribution is 0.344. The van der Waals surface area contributed by atoms with E-state index in [-0.39, 0.29) is 5.82 Å². The first-order valence-electron chi connectivity index (χ1n) is 12.2. The van der Waals surface area contributed by atoms with Crippen LogP contribution in [0.15, 0.2) is 72.0 Å². The molecule has 38 heavy (non-hydrogen) atoms. The molecule has 0 aliphatic heterocycles. The smallest absolute Gasteiger partial charge is 0.166 e. The van der Waals surface area contributed by atoms with E-state index in [4.69, 9.17) is 19.2 Å². The molecule has 0 bridgehead atoms. The van der Waals surface area contributed by atoms with Crippen LogP contribution in [0.4, 0.5) is 4.39 Å². The maximum absolute atomic E-state index is 13.7. The summed E-state index contributed by atoms with van der Waals surface area (Å²) in [5, 5.41) is 8.76. The molecule has 0 radical (unpaired) electrons. The van der Waals surface area contributed by atoms with Crippen molar-refractivity contribution >= 4 is 22.7 Å². The Bertz CT molecular complexity index is 1550. The molecule has 2 N–H and O–H groups in total. The van der Waals surface area contributed by atoms with Crippen LogP contribution < -0.4 is 14.2 Å². The molecule has 0 saturated heterocycles. The molecule has 0 fully saturated rings. The molecule has 0 unspecified atom stereocenters. The topological polar surface area (TPSA) is 85.0 Å². The summed E-state index contributed by atoms with van der Waals surface area (Å²) in [6, 6.07) is 18.2. The van der Waals surface area contributed by atoms with Gasteiger partial charge >= 0.3 is 0 Å². The average Bonchev–Trinajstić information content (AvgIpc) is 3.58. The van der Waals surface area contributed by atoms with Gasteiger partial charge in [-0.05, 0) is 60.2 Å². The van der Waals surface area contributed by atoms with Crippen molar-refractivity contribution in [3.05, 3.63) is 83.9 Å². The molecule has 0 spiro atoms. The average molecular weight is 533 g/mol. The van der Waals surface area contributed by atoms with Crippen molar-refractivity contribution < 1.29 is 18.6 Å². The SMILES string of the molecule is COc1ccc(C(C)(C)c2[nH]c(SCCOc3ccc4[nH]ncc4c3)nc2-c2ccc(F)cc2)cc1OC. The van der Waals surface area contributed by atoms with Crippen molar-refractivity contribution in [1.29, 1.82) is 0 Å². The molecule has 9 heteroatoms. The summed E-state index contributed by atoms with van der Waals surface area (Å²) in [4.78, 5) is 8.46. The molecule has 0 amide bonds. The molecule has 0 saturated carbocycles. The van der Waals surface area contributed by atoms with Crippen LogP contribution in [-0.2, 0) is 5.41 Å². The van der Waals surface area contributed by atoms with Crippen molar-refractivity contribution in [3.63, 3.8) is 0 Å². The number of fused-ring (bicyclic) bond motifs is 1. The van der Waals surface area contributed by atoms with Crippen molar-refractivity contribution in [2.75, 3.05) is 26.6 Å². The van der Waals surface area contributed by atoms with E-state index >= 15 is 0 Å². The number of imidazole rings is 1. The van der Waals surface area contributed by atoms with Crippen LogP contribution in [0.25, 0.3) is 22.2 Å². The van der Waals surface area contributed by atoms with Gasteiger partial charge < -0.3 is 19.2 Å². The summed E-state index contributed by atoms with van der Waals surface area (Å²) in [5.41, 5.74) is 4.06. The second kappa shape index (κ2) is 10.8. The van der Waals surface area contributed by atoms with E-state index in [1.165, 1.54) is 12.1 Å². The third kappa shape index (κ3) is 5.19. The molecule has 5 rings (SSSR count). The number of hydrogen-bond donors (Lipinski definition) is 2. The van der Waals surface area contributed by atoms with Gasteiger partial charge in [-0.3, -0.25) is 5.10 Å². The van der Waals surface area contributed by atoms with Gasteiger partial charge in [-0.25, -0.2) is 9.37 Å². The molecule has 7 nitrogen and oxygen atoms in total. The number of benzene rings is 3. The van der Waals surface area contributed by atoms with Crippen LogP contribution in [-0.4, -0.2) is 46.7 Å². The number of rotatable bonds is 10. The van der Waals surface area contributed by atoms with Crippen LogP contribution in [0.2, 0.25) is 0 Å². The van der Waals surface area contributed by atoms with Gasteiger partial charge in [0.1, 0.15) is 11.6 Å². The van der Waals surface area contributed by atoms with Crippen LogP contribution in [0.1, 0.15) is 25.1 Å². The molecular weight excluding hydrogens is 503 g/mol. The van der Waals surface area contributed by atoms with Crippen molar-refractivity contribution in [2.24, 2.45) is 0 Å². The highest BCUT2D eigenvalue weighted by Crippen LogP contribution is 2.41. The predicted octanol–water partition coefficient (Wildman–Crippen LogP) is 6.61. The van der Waals surface area contributed by atoms with Gasteiger partial charge in [-0.15, -0.1) is 0 Å². The summed E-state index contributed by atoms with van der Waals surface area (Å²) >= 11 is 1.57. The summed E-state index contributed by atoms with van der Waals surface area (Å²) < 4.78 is 30.6. The largest absolute Gasteiger partial charge is 0.493 e. The zero-order valence-corrected chi connectivity index (χ0v) is 22.5. The normalized spacial score (nSPS) is 11.6. The lowest BCUT2D eigenvalue weighted by atomic mass is 9.79. The molecule has 3 aromatic carbocycles. The number of halogens is 1. The Morgan fingerprint density at radius 3 is 2.50 bits per heavy atom. The number of nitrogens with one attached hydrogen (secondary N) is 2. The first-order chi connectivity index (χ1) is 18.4. The highest BCUT2D eigenvalue weighted by atomic mass is 32.2. The Kier molecular flexibility index (Phi) is 7.28. The third-order valence-electron chi connectivity index (χ3n) is 6.53. The molecule has 196 valence electrons. The minimum Gasteiger partial charge on any atom is -0.493 e. The number of ether oxygens (including phenoxy) is 3. The summed E-state index contributed by atoms with van der Waals surface area (Å²) in [7, 11) is 3.24. The van der Waals surface area contributed by atoms with Gasteiger partial charge in [0.15, 0.2) is 16.7 Å². The molecule has 0 aliphatic rings. The third-order valence-corrected chi connectivity index (χ3v) is 7.37. The van der Waals surface area contributed by atoms with Gasteiger partial charge in [0, 0.05) is 22.1 Å². The van der Waals surface area contributed by atoms with Gasteiger partial charge in [0.25, 0.3) is 0 Å². The van der Waals surface area contributed by atoms with Crippen LogP contribution in [0.5, 0.6) is 17.2 Å². The Hall–Kier alpha value is -3.98. The number of hydrogen-bond acceptors (Lipinski definition) is 6. The Morgan fingerprint density at radius 1 is 0.947 bits per heavy atom. The van der Waals surface area contributed by atoms with Crippen molar-refractivity contribution in [2.45, 2.75) is 24.4 Å². The predicted molar refractivity (Wildman–Crippen MR) is 148 cm³/mol. The Morgan fingerprint density at radius 2 is 1.74 bits per heavy atom. The maximum atomic E-state index is 13.7. The second-order valence-electron chi connectivity index (χ2n) is 9.28. The standard InChI is InChI=1S/C29H29FN4O3S/c1-29(2,20-7-12-24(35-3)25(16-20)36-4)27-26(18-5-8-21(30)9-6-18)32-28(33-27)38-14-13-37-22-10-11-23-19(15-22)17-31-34-23/h5-12,15-17H,13-14H2,1-4H3,(H,31,34)(H,32,33). The fraction of sp³-hybridized carbons (Fsp3) is 0.241. The zero-order valence-electron chi connectivity index (χ0n) is 21.7. The fourth-order valence-corrected chi connectivity index (χ4v) is 5.06. The number of H-pyrrole nitrogens is 2. The molecule has 0 aliphatic carbocycles. The van der Waals surface area contributed by atoms with Crippen molar-refractivity contribution in [3.8, 4) is 28.5 Å². The van der Waals surface area contributed by atoms with Crippen LogP contribution >= 0.6 is 11.8 Å². The van der Waals surface area contributed by atoms with Crippen LogP contribution in [0.3, 0.4) is 0 Å². The molecule has 5 aromatic rings. The zero-order chi connectivity index (χ0) is 26.7. The van der Waals surface area contributed by atoms with Gasteiger partial charge in [0.05, 0.1) is 43.9 Å². The minimum atomic E-state index is -0.467. The van der Waals surface area contributed by atoms with E-state index in [0.29, 0.717) is 23.9 Å². The Balaban J connectivity index is 1.39. The molecular formula is C29H29FN4O3S. The van der Waals surface area contributed by atoms with E-state index in [1.54, 1.807) is 44.3 Å². The molecule has 2 aromatic heterocycles. The number of aromatic amines is 2. The highest BCUT2D eigenvalue weighted by molar-refractivity contribution is 7.99. The molecule has 2 heterocycles. The number of aromatic nitrogens is 4. The quantitative estimate of drug-likeness (QED) is 0.156. The minimum absolute atomic E-state index is 0.287. The number of thioether (sulfide) groups is 1. The van der Waals surface area contributed by atoms with Gasteiger partial charge in [0.2, 0.25) is 0 Å². The summed E-state index contributed by atoms with van der Waals surface area (Å²) in [6.45, 7) is 4.76. The van der Waals surface area contributed by atoms with E-state index in [1.807, 2.05) is 36.4 Å². The summed E-state index contributed by atoms with van der Waals surface area (Å²) in [6.07, 6.45) is 1.78. The highest BCUT2D eigenvalue weighted by Gasteiger charge is 2.31. The fourth-order valence-electron chi connectivity index (χ4n) is 4.37. The van der Waals surface area contributed by atoms with E-state index in [0.717, 1.165) is 44.3 Å². The van der Waals surface area contributed by atoms with E-state index < -0.39 is 5.41 Å². The monoisotopic (exact) mass is 532 g/mol.